The molecule has 6 nitrogen and oxygen atoms in total. The Kier molecular flexibility index (Phi) is 3.63. The molecule has 0 saturated carbocycles. The molecule has 1 atom stereocenters. The van der Waals surface area contributed by atoms with Crippen LogP contribution in [0, 0.1) is 5.82 Å². The zero-order valence-corrected chi connectivity index (χ0v) is 13.6. The lowest BCUT2D eigenvalue weighted by atomic mass is 9.85. The van der Waals surface area contributed by atoms with Crippen LogP contribution in [-0.2, 0) is 9.53 Å². The first kappa shape index (κ1) is 15.6. The number of anilines is 1. The second kappa shape index (κ2) is 5.84. The maximum Gasteiger partial charge on any atom is 0.343 e. The fraction of sp³-hybridized carbons (Fsp3) is 0.278. The molecular weight excluding hydrogens is 325 g/mol. The van der Waals surface area contributed by atoms with Crippen molar-refractivity contribution in [3.8, 4) is 0 Å². The van der Waals surface area contributed by atoms with Gasteiger partial charge in [-0.15, -0.1) is 0 Å². The number of nitrogens with zero attached hydrogens (tertiary/aromatic N) is 2. The Morgan fingerprint density at radius 1 is 1.36 bits per heavy atom. The Hall–Kier alpha value is -2.96. The quantitative estimate of drug-likeness (QED) is 0.851. The Morgan fingerprint density at radius 3 is 2.92 bits per heavy atom. The number of hydrogen-bond donors (Lipinski definition) is 1. The first-order valence-electron chi connectivity index (χ1n) is 8.05. The van der Waals surface area contributed by atoms with Crippen molar-refractivity contribution in [2.45, 2.75) is 25.3 Å². The van der Waals surface area contributed by atoms with Gasteiger partial charge in [0.2, 0.25) is 0 Å². The second-order valence-electron chi connectivity index (χ2n) is 6.06. The minimum atomic E-state index is -0.696. The van der Waals surface area contributed by atoms with Crippen molar-refractivity contribution in [3.05, 3.63) is 58.7 Å². The highest BCUT2D eigenvalue weighted by molar-refractivity contribution is 6.01. The van der Waals surface area contributed by atoms with Crippen LogP contribution in [0.25, 0.3) is 0 Å². The molecule has 1 unspecified atom stereocenters. The number of ketones is 1. The average Bonchev–Trinajstić information content (AvgIpc) is 3.04. The summed E-state index contributed by atoms with van der Waals surface area (Å²) in [7, 11) is 1.29. The molecule has 1 N–H and O–H groups in total. The summed E-state index contributed by atoms with van der Waals surface area (Å²) in [5.41, 5.74) is 1.85. The normalized spacial score (nSPS) is 19.1. The lowest BCUT2D eigenvalue weighted by molar-refractivity contribution is -0.116. The van der Waals surface area contributed by atoms with Crippen molar-refractivity contribution < 1.29 is 18.7 Å². The average molecular weight is 341 g/mol. The number of fused-ring (bicyclic) bond motifs is 1. The number of carbonyl (C=O) groups is 2. The summed E-state index contributed by atoms with van der Waals surface area (Å²) < 4.78 is 20.8. The zero-order valence-electron chi connectivity index (χ0n) is 13.6. The van der Waals surface area contributed by atoms with Gasteiger partial charge >= 0.3 is 5.97 Å². The summed E-state index contributed by atoms with van der Waals surface area (Å²) in [6, 6.07) is 5.62. The van der Waals surface area contributed by atoms with Crippen molar-refractivity contribution in [2.75, 3.05) is 12.4 Å². The predicted molar refractivity (Wildman–Crippen MR) is 87.6 cm³/mol. The first-order chi connectivity index (χ1) is 12.1. The third kappa shape index (κ3) is 2.34. The van der Waals surface area contributed by atoms with Gasteiger partial charge in [0.15, 0.2) is 5.78 Å². The molecular formula is C18H16FN3O3. The van der Waals surface area contributed by atoms with Crippen LogP contribution < -0.4 is 5.32 Å². The highest BCUT2D eigenvalue weighted by Crippen LogP contribution is 2.42. The summed E-state index contributed by atoms with van der Waals surface area (Å²) in [6.45, 7) is 0. The minimum Gasteiger partial charge on any atom is -0.465 e. The molecule has 0 fully saturated rings. The molecule has 2 aliphatic rings. The van der Waals surface area contributed by atoms with Crippen LogP contribution in [0.15, 0.2) is 41.7 Å². The van der Waals surface area contributed by atoms with Crippen LogP contribution in [0.2, 0.25) is 0 Å². The van der Waals surface area contributed by atoms with E-state index < -0.39 is 17.8 Å². The van der Waals surface area contributed by atoms with Crippen LogP contribution in [-0.4, -0.2) is 28.6 Å². The first-order valence-corrected chi connectivity index (χ1v) is 8.05. The number of aromatic nitrogens is 2. The SMILES string of the molecule is COC(=O)c1cnn2c1NC1=C(C(=O)CCC1)C2c1ccccc1F. The van der Waals surface area contributed by atoms with Crippen LogP contribution in [0.4, 0.5) is 10.2 Å². The largest absolute Gasteiger partial charge is 0.465 e. The van der Waals surface area contributed by atoms with Gasteiger partial charge < -0.3 is 10.1 Å². The second-order valence-corrected chi connectivity index (χ2v) is 6.06. The number of rotatable bonds is 2. The van der Waals surface area contributed by atoms with Gasteiger partial charge in [-0.25, -0.2) is 13.9 Å². The van der Waals surface area contributed by atoms with Crippen LogP contribution in [0.3, 0.4) is 0 Å². The number of benzene rings is 1. The summed E-state index contributed by atoms with van der Waals surface area (Å²) in [5.74, 6) is -0.552. The summed E-state index contributed by atoms with van der Waals surface area (Å²) in [6.07, 6.45) is 3.19. The Labute approximate surface area is 143 Å². The van der Waals surface area contributed by atoms with Crippen LogP contribution >= 0.6 is 0 Å². The molecule has 7 heteroatoms. The van der Waals surface area contributed by atoms with Gasteiger partial charge in [-0.05, 0) is 18.9 Å². The molecule has 0 bridgehead atoms. The van der Waals surface area contributed by atoms with Gasteiger partial charge in [-0.1, -0.05) is 18.2 Å². The van der Waals surface area contributed by atoms with Crippen LogP contribution in [0.5, 0.6) is 0 Å². The molecule has 1 aromatic heterocycles. The number of carbonyl (C=O) groups excluding carboxylic acids is 2. The van der Waals surface area contributed by atoms with E-state index in [1.54, 1.807) is 18.2 Å². The number of hydrogen-bond acceptors (Lipinski definition) is 5. The van der Waals surface area contributed by atoms with Gasteiger partial charge in [0, 0.05) is 23.3 Å². The van der Waals surface area contributed by atoms with Crippen molar-refractivity contribution in [1.29, 1.82) is 0 Å². The van der Waals surface area contributed by atoms with Crippen molar-refractivity contribution in [2.24, 2.45) is 0 Å². The summed E-state index contributed by atoms with van der Waals surface area (Å²) in [5, 5.41) is 7.40. The number of Topliss-reactive ketones (excluding diaryl/α,β-unsaturated/α-hetero) is 1. The van der Waals surface area contributed by atoms with E-state index in [1.807, 2.05) is 0 Å². The molecule has 0 radical (unpaired) electrons. The third-order valence-electron chi connectivity index (χ3n) is 4.64. The molecule has 128 valence electrons. The minimum absolute atomic E-state index is 0.0252. The van der Waals surface area contributed by atoms with Gasteiger partial charge in [0.25, 0.3) is 0 Å². The maximum absolute atomic E-state index is 14.5. The van der Waals surface area contributed by atoms with E-state index in [-0.39, 0.29) is 11.3 Å². The number of nitrogens with one attached hydrogen (secondary N) is 1. The number of ether oxygens (including phenoxy) is 1. The van der Waals surface area contributed by atoms with E-state index in [9.17, 15) is 14.0 Å². The third-order valence-corrected chi connectivity index (χ3v) is 4.64. The van der Waals surface area contributed by atoms with E-state index in [0.29, 0.717) is 29.8 Å². The molecule has 0 saturated heterocycles. The number of halogens is 1. The molecule has 2 heterocycles. The zero-order chi connectivity index (χ0) is 17.6. The van der Waals surface area contributed by atoms with Gasteiger partial charge in [0.05, 0.1) is 13.3 Å². The van der Waals surface area contributed by atoms with E-state index in [2.05, 4.69) is 10.4 Å². The van der Waals surface area contributed by atoms with E-state index in [1.165, 1.54) is 24.1 Å². The smallest absolute Gasteiger partial charge is 0.343 e. The fourth-order valence-electron chi connectivity index (χ4n) is 3.50. The molecule has 0 spiro atoms. The lowest BCUT2D eigenvalue weighted by Crippen LogP contribution is -2.32. The van der Waals surface area contributed by atoms with Gasteiger partial charge in [0.1, 0.15) is 23.2 Å². The van der Waals surface area contributed by atoms with E-state index in [0.717, 1.165) is 12.1 Å². The summed E-state index contributed by atoms with van der Waals surface area (Å²) in [4.78, 5) is 24.6. The van der Waals surface area contributed by atoms with Crippen molar-refractivity contribution in [3.63, 3.8) is 0 Å². The Bertz CT molecular complexity index is 916. The Morgan fingerprint density at radius 2 is 2.16 bits per heavy atom. The maximum atomic E-state index is 14.5. The Balaban J connectivity index is 1.95. The van der Waals surface area contributed by atoms with Crippen molar-refractivity contribution in [1.82, 2.24) is 9.78 Å². The molecule has 2 aromatic rings. The lowest BCUT2D eigenvalue weighted by Gasteiger charge is -2.33. The van der Waals surface area contributed by atoms with Crippen molar-refractivity contribution >= 4 is 17.6 Å². The highest BCUT2D eigenvalue weighted by Gasteiger charge is 2.38. The fourth-order valence-corrected chi connectivity index (χ4v) is 3.50. The van der Waals surface area contributed by atoms with Gasteiger partial charge in [-0.2, -0.15) is 5.10 Å². The monoisotopic (exact) mass is 341 g/mol. The number of allylic oxidation sites excluding steroid dienone is 2. The van der Waals surface area contributed by atoms with E-state index in [4.69, 9.17) is 4.74 Å². The topological polar surface area (TPSA) is 73.2 Å². The molecule has 1 aliphatic heterocycles. The molecule has 0 amide bonds. The standard InChI is InChI=1S/C18H16FN3O3/c1-25-18(24)11-9-20-22-16(10-5-2-3-6-12(10)19)15-13(21-17(11)22)7-4-8-14(15)23/h2-3,5-6,9,16,21H,4,7-8H2,1H3. The summed E-state index contributed by atoms with van der Waals surface area (Å²) >= 11 is 0. The molecule has 1 aromatic carbocycles. The highest BCUT2D eigenvalue weighted by atomic mass is 19.1. The number of methoxy groups -OCH3 is 1. The van der Waals surface area contributed by atoms with E-state index >= 15 is 0 Å². The molecule has 1 aliphatic carbocycles. The number of esters is 1. The molecule has 4 rings (SSSR count). The van der Waals surface area contributed by atoms with Crippen LogP contribution in [0.1, 0.15) is 41.2 Å². The van der Waals surface area contributed by atoms with Gasteiger partial charge in [-0.3, -0.25) is 4.79 Å². The molecule has 25 heavy (non-hydrogen) atoms. The predicted octanol–water partition coefficient (Wildman–Crippen LogP) is 2.83.